The van der Waals surface area contributed by atoms with E-state index in [1.165, 1.54) is 16.8 Å². The average molecular weight is 407 g/mol. The number of sulfonamides is 1. The Morgan fingerprint density at radius 1 is 1.29 bits per heavy atom. The summed E-state index contributed by atoms with van der Waals surface area (Å²) >= 11 is 0. The molecule has 3 rings (SSSR count). The number of carbonyl (C=O) groups excluding carboxylic acids is 2. The first-order valence-corrected chi connectivity index (χ1v) is 10.5. The SMILES string of the molecule is CS(=O)(=O)N1CCCc2ccc(NC(=O)C(=O)NCC(O)c3ccoc3)cc21. The molecule has 28 heavy (non-hydrogen) atoms. The highest BCUT2D eigenvalue weighted by Gasteiger charge is 2.25. The summed E-state index contributed by atoms with van der Waals surface area (Å²) in [5, 5.41) is 14.7. The highest BCUT2D eigenvalue weighted by atomic mass is 32.2. The largest absolute Gasteiger partial charge is 0.472 e. The van der Waals surface area contributed by atoms with Crippen LogP contribution in [0.4, 0.5) is 11.4 Å². The number of anilines is 2. The van der Waals surface area contributed by atoms with Gasteiger partial charge < -0.3 is 20.2 Å². The van der Waals surface area contributed by atoms with Crippen LogP contribution in [0.5, 0.6) is 0 Å². The van der Waals surface area contributed by atoms with E-state index in [0.29, 0.717) is 29.9 Å². The Morgan fingerprint density at radius 2 is 2.07 bits per heavy atom. The summed E-state index contributed by atoms with van der Waals surface area (Å²) in [6.07, 6.45) is 4.32. The molecular weight excluding hydrogens is 386 g/mol. The summed E-state index contributed by atoms with van der Waals surface area (Å²) in [6, 6.07) is 6.46. The molecule has 3 N–H and O–H groups in total. The quantitative estimate of drug-likeness (QED) is 0.628. The van der Waals surface area contributed by atoms with Gasteiger partial charge in [0, 0.05) is 24.3 Å². The van der Waals surface area contributed by atoms with Gasteiger partial charge in [0.2, 0.25) is 10.0 Å². The molecule has 150 valence electrons. The molecule has 0 aliphatic carbocycles. The fourth-order valence-electron chi connectivity index (χ4n) is 3.00. The molecule has 1 aliphatic rings. The van der Waals surface area contributed by atoms with E-state index >= 15 is 0 Å². The summed E-state index contributed by atoms with van der Waals surface area (Å²) in [7, 11) is -3.43. The van der Waals surface area contributed by atoms with Gasteiger partial charge in [-0.05, 0) is 36.6 Å². The maximum Gasteiger partial charge on any atom is 0.313 e. The van der Waals surface area contributed by atoms with Gasteiger partial charge in [-0.15, -0.1) is 0 Å². The Labute approximate surface area is 162 Å². The molecule has 1 aromatic carbocycles. The molecule has 2 heterocycles. The normalized spacial score (nSPS) is 14.9. The molecule has 1 unspecified atom stereocenters. The number of nitrogens with zero attached hydrogens (tertiary/aromatic N) is 1. The maximum absolute atomic E-state index is 12.1. The number of amides is 2. The van der Waals surface area contributed by atoms with Gasteiger partial charge in [-0.2, -0.15) is 0 Å². The van der Waals surface area contributed by atoms with E-state index in [9.17, 15) is 23.1 Å². The molecule has 9 nitrogen and oxygen atoms in total. The van der Waals surface area contributed by atoms with Crippen molar-refractivity contribution in [2.45, 2.75) is 18.9 Å². The zero-order valence-corrected chi connectivity index (χ0v) is 16.0. The molecule has 1 aliphatic heterocycles. The van der Waals surface area contributed by atoms with Crippen LogP contribution in [0, 0.1) is 0 Å². The van der Waals surface area contributed by atoms with Crippen LogP contribution in [0.3, 0.4) is 0 Å². The Morgan fingerprint density at radius 3 is 2.75 bits per heavy atom. The lowest BCUT2D eigenvalue weighted by atomic mass is 10.0. The molecule has 2 aromatic rings. The van der Waals surface area contributed by atoms with E-state index in [4.69, 9.17) is 4.42 Å². The van der Waals surface area contributed by atoms with Crippen molar-refractivity contribution in [2.24, 2.45) is 0 Å². The lowest BCUT2D eigenvalue weighted by Gasteiger charge is -2.29. The summed E-state index contributed by atoms with van der Waals surface area (Å²) < 4.78 is 30.1. The van der Waals surface area contributed by atoms with Crippen LogP contribution in [0.2, 0.25) is 0 Å². The van der Waals surface area contributed by atoms with Crippen LogP contribution in [0.15, 0.2) is 41.2 Å². The van der Waals surface area contributed by atoms with Gasteiger partial charge in [-0.3, -0.25) is 13.9 Å². The number of hydrogen-bond acceptors (Lipinski definition) is 6. The first-order valence-electron chi connectivity index (χ1n) is 8.65. The first-order chi connectivity index (χ1) is 13.3. The van der Waals surface area contributed by atoms with Gasteiger partial charge in [0.15, 0.2) is 0 Å². The molecule has 0 spiro atoms. The van der Waals surface area contributed by atoms with E-state index in [2.05, 4.69) is 10.6 Å². The lowest BCUT2D eigenvalue weighted by Crippen LogP contribution is -2.38. The van der Waals surface area contributed by atoms with Crippen molar-refractivity contribution in [3.8, 4) is 0 Å². The van der Waals surface area contributed by atoms with Crippen molar-refractivity contribution in [3.63, 3.8) is 0 Å². The van der Waals surface area contributed by atoms with Crippen LogP contribution in [0.25, 0.3) is 0 Å². The number of aliphatic hydroxyl groups is 1. The number of nitrogens with one attached hydrogen (secondary N) is 2. The predicted octanol–water partition coefficient (Wildman–Crippen LogP) is 0.780. The smallest absolute Gasteiger partial charge is 0.313 e. The topological polar surface area (TPSA) is 129 Å². The molecule has 10 heteroatoms. The third-order valence-corrected chi connectivity index (χ3v) is 5.59. The van der Waals surface area contributed by atoms with Crippen LogP contribution in [-0.4, -0.2) is 44.7 Å². The van der Waals surface area contributed by atoms with Crippen molar-refractivity contribution in [3.05, 3.63) is 47.9 Å². The maximum atomic E-state index is 12.1. The van der Waals surface area contributed by atoms with E-state index in [1.54, 1.807) is 24.3 Å². The summed E-state index contributed by atoms with van der Waals surface area (Å²) in [6.45, 7) is 0.216. The summed E-state index contributed by atoms with van der Waals surface area (Å²) in [5.74, 6) is -1.83. The third-order valence-electron chi connectivity index (χ3n) is 4.41. The Kier molecular flexibility index (Phi) is 5.71. The van der Waals surface area contributed by atoms with Gasteiger partial charge in [0.1, 0.15) is 0 Å². The summed E-state index contributed by atoms with van der Waals surface area (Å²) in [4.78, 5) is 24.1. The number of fused-ring (bicyclic) bond motifs is 1. The fourth-order valence-corrected chi connectivity index (χ4v) is 3.99. The Balaban J connectivity index is 1.65. The molecule has 1 aromatic heterocycles. The molecule has 0 bridgehead atoms. The Bertz CT molecular complexity index is 971. The zero-order chi connectivity index (χ0) is 20.3. The number of hydrogen-bond donors (Lipinski definition) is 3. The molecule has 0 saturated heterocycles. The van der Waals surface area contributed by atoms with Crippen LogP contribution in [0.1, 0.15) is 23.7 Å². The average Bonchev–Trinajstić information content (AvgIpc) is 3.19. The van der Waals surface area contributed by atoms with Crippen molar-refractivity contribution in [2.75, 3.05) is 29.0 Å². The third kappa shape index (κ3) is 4.52. The second kappa shape index (κ2) is 8.03. The van der Waals surface area contributed by atoms with Crippen molar-refractivity contribution < 1.29 is 27.5 Å². The van der Waals surface area contributed by atoms with Gasteiger partial charge in [-0.25, -0.2) is 8.42 Å². The lowest BCUT2D eigenvalue weighted by molar-refractivity contribution is -0.136. The molecule has 2 amide bonds. The molecule has 0 saturated carbocycles. The van der Waals surface area contributed by atoms with Crippen LogP contribution < -0.4 is 14.9 Å². The van der Waals surface area contributed by atoms with Crippen LogP contribution >= 0.6 is 0 Å². The number of furan rings is 1. The number of carbonyl (C=O) groups is 2. The van der Waals surface area contributed by atoms with Crippen molar-refractivity contribution >= 4 is 33.2 Å². The minimum Gasteiger partial charge on any atom is -0.472 e. The molecule has 0 radical (unpaired) electrons. The number of benzene rings is 1. The summed E-state index contributed by atoms with van der Waals surface area (Å²) in [5.41, 5.74) is 2.16. The number of rotatable bonds is 5. The van der Waals surface area contributed by atoms with E-state index in [1.807, 2.05) is 0 Å². The van der Waals surface area contributed by atoms with E-state index in [-0.39, 0.29) is 6.54 Å². The molecular formula is C18H21N3O6S. The first kappa shape index (κ1) is 19.9. The van der Waals surface area contributed by atoms with Gasteiger partial charge >= 0.3 is 11.8 Å². The standard InChI is InChI=1S/C18H21N3O6S/c1-28(25,26)21-7-2-3-12-4-5-14(9-15(12)21)20-18(24)17(23)19-10-16(22)13-6-8-27-11-13/h4-6,8-9,11,16,22H,2-3,7,10H2,1H3,(H,19,23)(H,20,24). The van der Waals surface area contributed by atoms with E-state index in [0.717, 1.165) is 18.2 Å². The molecule has 1 atom stereocenters. The van der Waals surface area contributed by atoms with Crippen LogP contribution in [-0.2, 0) is 26.0 Å². The second-order valence-corrected chi connectivity index (χ2v) is 8.43. The number of aliphatic hydroxyl groups excluding tert-OH is 1. The fraction of sp³-hybridized carbons (Fsp3) is 0.333. The van der Waals surface area contributed by atoms with Gasteiger partial charge in [0.25, 0.3) is 0 Å². The van der Waals surface area contributed by atoms with Crippen molar-refractivity contribution in [1.82, 2.24) is 5.32 Å². The van der Waals surface area contributed by atoms with E-state index < -0.39 is 27.9 Å². The number of aryl methyl sites for hydroxylation is 1. The molecule has 0 fully saturated rings. The highest BCUT2D eigenvalue weighted by molar-refractivity contribution is 7.92. The highest BCUT2D eigenvalue weighted by Crippen LogP contribution is 2.31. The van der Waals surface area contributed by atoms with Crippen molar-refractivity contribution in [1.29, 1.82) is 0 Å². The van der Waals surface area contributed by atoms with Gasteiger partial charge in [0.05, 0.1) is 30.6 Å². The zero-order valence-electron chi connectivity index (χ0n) is 15.2. The monoisotopic (exact) mass is 407 g/mol. The predicted molar refractivity (Wildman–Crippen MR) is 102 cm³/mol. The minimum atomic E-state index is -3.43. The second-order valence-electron chi connectivity index (χ2n) is 6.52. The Hall–Kier alpha value is -2.85. The minimum absolute atomic E-state index is 0.155. The van der Waals surface area contributed by atoms with Gasteiger partial charge in [-0.1, -0.05) is 6.07 Å².